The van der Waals surface area contributed by atoms with E-state index in [2.05, 4.69) is 20.6 Å². The van der Waals surface area contributed by atoms with Gasteiger partial charge in [-0.15, -0.1) is 0 Å². The lowest BCUT2D eigenvalue weighted by Gasteiger charge is -2.13. The number of hydrogen-bond donors (Lipinski definition) is 2. The molecule has 1 heterocycles. The van der Waals surface area contributed by atoms with Gasteiger partial charge in [-0.1, -0.05) is 0 Å². The molecule has 2 N–H and O–H groups in total. The fourth-order valence-electron chi connectivity index (χ4n) is 1.34. The van der Waals surface area contributed by atoms with E-state index in [0.29, 0.717) is 30.5 Å². The van der Waals surface area contributed by atoms with Crippen LogP contribution in [-0.2, 0) is 4.74 Å². The summed E-state index contributed by atoms with van der Waals surface area (Å²) in [6.45, 7) is 5.31. The molecule has 96 valence electrons. The first kappa shape index (κ1) is 13.5. The van der Waals surface area contributed by atoms with Crippen LogP contribution >= 0.6 is 0 Å². The molecule has 0 fully saturated rings. The van der Waals surface area contributed by atoms with Crippen molar-refractivity contribution in [3.63, 3.8) is 0 Å². The van der Waals surface area contributed by atoms with Gasteiger partial charge in [0, 0.05) is 13.6 Å². The maximum Gasteiger partial charge on any atom is 0.204 e. The van der Waals surface area contributed by atoms with Crippen molar-refractivity contribution in [1.29, 1.82) is 0 Å². The van der Waals surface area contributed by atoms with Crippen molar-refractivity contribution in [3.8, 4) is 5.75 Å². The molecule has 1 aromatic rings. The Morgan fingerprint density at radius 3 is 2.59 bits per heavy atom. The van der Waals surface area contributed by atoms with Crippen molar-refractivity contribution in [2.75, 3.05) is 37.9 Å². The molecule has 6 nitrogen and oxygen atoms in total. The minimum atomic E-state index is 0.233. The molecule has 0 aromatic carbocycles. The minimum Gasteiger partial charge on any atom is -0.490 e. The monoisotopic (exact) mass is 240 g/mol. The summed E-state index contributed by atoms with van der Waals surface area (Å²) in [4.78, 5) is 8.20. The molecule has 17 heavy (non-hydrogen) atoms. The van der Waals surface area contributed by atoms with Gasteiger partial charge in [-0.05, 0) is 13.8 Å². The Hall–Kier alpha value is -1.56. The minimum absolute atomic E-state index is 0.233. The van der Waals surface area contributed by atoms with E-state index in [1.54, 1.807) is 14.2 Å². The average molecular weight is 240 g/mol. The number of nitrogens with zero attached hydrogens (tertiary/aromatic N) is 2. The van der Waals surface area contributed by atoms with Gasteiger partial charge in [-0.2, -0.15) is 0 Å². The summed E-state index contributed by atoms with van der Waals surface area (Å²) in [6, 6.07) is 0. The highest BCUT2D eigenvalue weighted by Gasteiger charge is 2.09. The van der Waals surface area contributed by atoms with Gasteiger partial charge in [0.25, 0.3) is 0 Å². The molecule has 0 radical (unpaired) electrons. The Labute approximate surface area is 102 Å². The van der Waals surface area contributed by atoms with Crippen LogP contribution in [0.25, 0.3) is 0 Å². The first-order chi connectivity index (χ1) is 8.19. The SMILES string of the molecule is CNc1ncnc(NCCOC(C)C)c1OC. The second-order valence-corrected chi connectivity index (χ2v) is 3.70. The summed E-state index contributed by atoms with van der Waals surface area (Å²) in [6.07, 6.45) is 1.72. The molecular formula is C11H20N4O2. The molecule has 0 bridgehead atoms. The molecule has 0 aliphatic carbocycles. The number of aromatic nitrogens is 2. The third kappa shape index (κ3) is 4.07. The number of ether oxygens (including phenoxy) is 2. The molecule has 0 unspecified atom stereocenters. The Balaban J connectivity index is 2.58. The van der Waals surface area contributed by atoms with Crippen molar-refractivity contribution < 1.29 is 9.47 Å². The van der Waals surface area contributed by atoms with E-state index in [1.807, 2.05) is 13.8 Å². The van der Waals surface area contributed by atoms with Gasteiger partial charge in [0.2, 0.25) is 5.75 Å². The van der Waals surface area contributed by atoms with Gasteiger partial charge >= 0.3 is 0 Å². The molecule has 0 amide bonds. The summed E-state index contributed by atoms with van der Waals surface area (Å²) in [5, 5.41) is 6.10. The number of anilines is 2. The highest BCUT2D eigenvalue weighted by Crippen LogP contribution is 2.27. The Kier molecular flexibility index (Phi) is 5.48. The number of nitrogens with one attached hydrogen (secondary N) is 2. The summed E-state index contributed by atoms with van der Waals surface area (Å²) in [5.41, 5.74) is 0. The van der Waals surface area contributed by atoms with E-state index in [-0.39, 0.29) is 6.10 Å². The largest absolute Gasteiger partial charge is 0.490 e. The normalized spacial score (nSPS) is 10.4. The van der Waals surface area contributed by atoms with Crippen LogP contribution in [0.4, 0.5) is 11.6 Å². The highest BCUT2D eigenvalue weighted by molar-refractivity contribution is 5.63. The predicted octanol–water partition coefficient (Wildman–Crippen LogP) is 1.36. The Bertz CT molecular complexity index is 344. The lowest BCUT2D eigenvalue weighted by molar-refractivity contribution is 0.0870. The lowest BCUT2D eigenvalue weighted by Crippen LogP contribution is -2.15. The van der Waals surface area contributed by atoms with E-state index >= 15 is 0 Å². The van der Waals surface area contributed by atoms with Crippen LogP contribution in [0.15, 0.2) is 6.33 Å². The molecule has 0 saturated carbocycles. The van der Waals surface area contributed by atoms with Gasteiger partial charge in [-0.25, -0.2) is 9.97 Å². The maximum atomic E-state index is 5.43. The van der Waals surface area contributed by atoms with Crippen LogP contribution in [0.2, 0.25) is 0 Å². The smallest absolute Gasteiger partial charge is 0.204 e. The van der Waals surface area contributed by atoms with Crippen LogP contribution in [0.1, 0.15) is 13.8 Å². The number of rotatable bonds is 7. The fourth-order valence-corrected chi connectivity index (χ4v) is 1.34. The van der Waals surface area contributed by atoms with E-state index in [0.717, 1.165) is 0 Å². The summed E-state index contributed by atoms with van der Waals surface area (Å²) in [7, 11) is 3.38. The standard InChI is InChI=1S/C11H20N4O2/c1-8(2)17-6-5-13-11-9(16-4)10(12-3)14-7-15-11/h7-8H,5-6H2,1-4H3,(H2,12,13,14,15). The lowest BCUT2D eigenvalue weighted by atomic mass is 10.4. The molecule has 1 aromatic heterocycles. The van der Waals surface area contributed by atoms with Gasteiger partial charge in [-0.3, -0.25) is 0 Å². The molecule has 0 spiro atoms. The quantitative estimate of drug-likeness (QED) is 0.701. The number of hydrogen-bond acceptors (Lipinski definition) is 6. The summed E-state index contributed by atoms with van der Waals surface area (Å²) >= 11 is 0. The zero-order chi connectivity index (χ0) is 12.7. The van der Waals surface area contributed by atoms with E-state index in [9.17, 15) is 0 Å². The molecule has 0 aliphatic heterocycles. The van der Waals surface area contributed by atoms with Crippen molar-refractivity contribution in [3.05, 3.63) is 6.33 Å². The molecule has 0 saturated heterocycles. The second-order valence-electron chi connectivity index (χ2n) is 3.70. The van der Waals surface area contributed by atoms with E-state index in [4.69, 9.17) is 9.47 Å². The van der Waals surface area contributed by atoms with Crippen LogP contribution in [0.3, 0.4) is 0 Å². The molecule has 0 atom stereocenters. The third-order valence-corrected chi connectivity index (χ3v) is 2.09. The molecule has 6 heteroatoms. The van der Waals surface area contributed by atoms with E-state index in [1.165, 1.54) is 6.33 Å². The van der Waals surface area contributed by atoms with Crippen molar-refractivity contribution in [2.45, 2.75) is 20.0 Å². The van der Waals surface area contributed by atoms with Gasteiger partial charge < -0.3 is 20.1 Å². The van der Waals surface area contributed by atoms with Crippen molar-refractivity contribution in [2.24, 2.45) is 0 Å². The van der Waals surface area contributed by atoms with Crippen molar-refractivity contribution >= 4 is 11.6 Å². The van der Waals surface area contributed by atoms with Crippen LogP contribution in [0, 0.1) is 0 Å². The molecule has 1 rings (SSSR count). The Morgan fingerprint density at radius 2 is 2.00 bits per heavy atom. The zero-order valence-corrected chi connectivity index (χ0v) is 10.8. The van der Waals surface area contributed by atoms with Crippen LogP contribution in [-0.4, -0.2) is 43.4 Å². The third-order valence-electron chi connectivity index (χ3n) is 2.09. The van der Waals surface area contributed by atoms with Crippen LogP contribution < -0.4 is 15.4 Å². The Morgan fingerprint density at radius 1 is 1.29 bits per heavy atom. The van der Waals surface area contributed by atoms with Gasteiger partial charge in [0.15, 0.2) is 11.6 Å². The molecular weight excluding hydrogens is 220 g/mol. The maximum absolute atomic E-state index is 5.43. The van der Waals surface area contributed by atoms with Crippen molar-refractivity contribution in [1.82, 2.24) is 9.97 Å². The second kappa shape index (κ2) is 6.90. The predicted molar refractivity (Wildman–Crippen MR) is 67.7 cm³/mol. The zero-order valence-electron chi connectivity index (χ0n) is 10.8. The van der Waals surface area contributed by atoms with Gasteiger partial charge in [0.05, 0.1) is 19.8 Å². The number of methoxy groups -OCH3 is 1. The first-order valence-electron chi connectivity index (χ1n) is 5.61. The highest BCUT2D eigenvalue weighted by atomic mass is 16.5. The summed E-state index contributed by atoms with van der Waals surface area (Å²) in [5.74, 6) is 1.94. The molecule has 0 aliphatic rings. The summed E-state index contributed by atoms with van der Waals surface area (Å²) < 4.78 is 10.7. The fraction of sp³-hybridized carbons (Fsp3) is 0.636. The first-order valence-corrected chi connectivity index (χ1v) is 5.61. The van der Waals surface area contributed by atoms with Crippen LogP contribution in [0.5, 0.6) is 5.75 Å². The van der Waals surface area contributed by atoms with Gasteiger partial charge in [0.1, 0.15) is 6.33 Å². The average Bonchev–Trinajstić information content (AvgIpc) is 2.33. The topological polar surface area (TPSA) is 68.3 Å². The van der Waals surface area contributed by atoms with E-state index < -0.39 is 0 Å².